The molecular weight excluding hydrogens is 355 g/mol. The molecule has 3 aromatic rings. The van der Waals surface area contributed by atoms with Crippen LogP contribution in [0.3, 0.4) is 0 Å². The molecule has 0 aliphatic heterocycles. The first-order valence-corrected chi connectivity index (χ1v) is 7.39. The number of H-pyrrole nitrogens is 2. The highest BCUT2D eigenvalue weighted by Gasteiger charge is 2.58. The van der Waals surface area contributed by atoms with Crippen molar-refractivity contribution in [1.82, 2.24) is 19.5 Å². The molecule has 11 heteroatoms. The number of aliphatic hydroxyl groups is 1. The van der Waals surface area contributed by atoms with E-state index in [0.717, 1.165) is 10.8 Å². The average Bonchev–Trinajstić information content (AvgIpc) is 3.10. The summed E-state index contributed by atoms with van der Waals surface area (Å²) < 4.78 is 41.3. The smallest absolute Gasteiger partial charge is 0.374 e. The fourth-order valence-corrected chi connectivity index (χ4v) is 2.62. The molecule has 0 saturated carbocycles. The summed E-state index contributed by atoms with van der Waals surface area (Å²) in [7, 11) is 1.28. The Balaban J connectivity index is 1.85. The Labute approximate surface area is 143 Å². The van der Waals surface area contributed by atoms with Crippen LogP contribution in [0.25, 0.3) is 11.0 Å². The van der Waals surface area contributed by atoms with E-state index in [4.69, 9.17) is 0 Å². The summed E-state index contributed by atoms with van der Waals surface area (Å²) in [5, 5.41) is 12.5. The van der Waals surface area contributed by atoms with Crippen LogP contribution in [-0.2, 0) is 17.4 Å². The Bertz CT molecular complexity index is 1020. The summed E-state index contributed by atoms with van der Waals surface area (Å²) in [6, 6.07) is 4.29. The third kappa shape index (κ3) is 3.08. The number of rotatable bonds is 4. The number of nitrogens with one attached hydrogen (secondary N) is 3. The fraction of sp³-hybridized carbons (Fsp3) is 0.267. The second-order valence-electron chi connectivity index (χ2n) is 5.78. The largest absolute Gasteiger partial charge is 0.425 e. The average molecular weight is 369 g/mol. The van der Waals surface area contributed by atoms with Crippen LogP contribution in [0.15, 0.2) is 35.4 Å². The van der Waals surface area contributed by atoms with E-state index >= 15 is 0 Å². The maximum atomic E-state index is 13.4. The van der Waals surface area contributed by atoms with Gasteiger partial charge in [0, 0.05) is 25.1 Å². The van der Waals surface area contributed by atoms with Crippen LogP contribution in [0.4, 0.5) is 18.9 Å². The number of nitrogens with zero attached hydrogens (tertiary/aromatic N) is 2. The molecule has 4 N–H and O–H groups in total. The minimum atomic E-state index is -5.11. The van der Waals surface area contributed by atoms with Crippen molar-refractivity contribution in [2.75, 3.05) is 5.32 Å². The van der Waals surface area contributed by atoms with Crippen molar-refractivity contribution in [2.45, 2.75) is 18.2 Å². The first-order valence-electron chi connectivity index (χ1n) is 7.39. The zero-order valence-electron chi connectivity index (χ0n) is 13.4. The SMILES string of the molecule is Cn1ccnc1C(O)(CC(=O)Nc1ccc2[nH]c(=O)[nH]c2c1)C(F)(F)F. The molecule has 26 heavy (non-hydrogen) atoms. The Morgan fingerprint density at radius 3 is 2.62 bits per heavy atom. The van der Waals surface area contributed by atoms with Crippen molar-refractivity contribution >= 4 is 22.6 Å². The molecule has 138 valence electrons. The van der Waals surface area contributed by atoms with Crippen LogP contribution in [-0.4, -0.2) is 36.7 Å². The highest BCUT2D eigenvalue weighted by molar-refractivity contribution is 5.93. The van der Waals surface area contributed by atoms with Crippen LogP contribution >= 0.6 is 0 Å². The third-order valence-electron chi connectivity index (χ3n) is 3.88. The van der Waals surface area contributed by atoms with E-state index in [9.17, 15) is 27.9 Å². The van der Waals surface area contributed by atoms with Gasteiger partial charge >= 0.3 is 11.9 Å². The Hall–Kier alpha value is -3.08. The molecule has 0 aliphatic rings. The molecule has 0 bridgehead atoms. The molecule has 1 unspecified atom stereocenters. The number of halogens is 3. The van der Waals surface area contributed by atoms with E-state index in [1.165, 1.54) is 31.4 Å². The Morgan fingerprint density at radius 2 is 2.00 bits per heavy atom. The Kier molecular flexibility index (Phi) is 4.11. The van der Waals surface area contributed by atoms with Crippen LogP contribution in [0.5, 0.6) is 0 Å². The molecule has 1 aromatic carbocycles. The minimum absolute atomic E-state index is 0.169. The molecule has 1 atom stereocenters. The van der Waals surface area contributed by atoms with Gasteiger partial charge in [0.1, 0.15) is 0 Å². The minimum Gasteiger partial charge on any atom is -0.374 e. The quantitative estimate of drug-likeness (QED) is 0.556. The Morgan fingerprint density at radius 1 is 1.31 bits per heavy atom. The summed E-state index contributed by atoms with van der Waals surface area (Å²) in [5.74, 6) is -1.75. The summed E-state index contributed by atoms with van der Waals surface area (Å²) in [5.41, 5.74) is -2.87. The molecule has 0 saturated heterocycles. The number of carbonyl (C=O) groups is 1. The van der Waals surface area contributed by atoms with Crippen molar-refractivity contribution in [1.29, 1.82) is 0 Å². The van der Waals surface area contributed by atoms with Crippen LogP contribution in [0.1, 0.15) is 12.2 Å². The molecule has 0 radical (unpaired) electrons. The number of aromatic amines is 2. The number of fused-ring (bicyclic) bond motifs is 1. The number of carbonyl (C=O) groups excluding carboxylic acids is 1. The molecule has 2 aromatic heterocycles. The van der Waals surface area contributed by atoms with Gasteiger partial charge in [-0.1, -0.05) is 0 Å². The lowest BCUT2D eigenvalue weighted by Crippen LogP contribution is -2.46. The van der Waals surface area contributed by atoms with Crippen molar-refractivity contribution in [3.63, 3.8) is 0 Å². The number of hydrogen-bond acceptors (Lipinski definition) is 4. The zero-order valence-corrected chi connectivity index (χ0v) is 13.4. The number of anilines is 1. The maximum absolute atomic E-state index is 13.4. The molecular formula is C15H14F3N5O3. The van der Waals surface area contributed by atoms with E-state index in [2.05, 4.69) is 20.3 Å². The number of alkyl halides is 3. The molecule has 0 aliphatic carbocycles. The first kappa shape index (κ1) is 17.7. The lowest BCUT2D eigenvalue weighted by Gasteiger charge is -2.29. The second kappa shape index (κ2) is 6.02. The van der Waals surface area contributed by atoms with E-state index in [-0.39, 0.29) is 5.69 Å². The molecule has 0 fully saturated rings. The van der Waals surface area contributed by atoms with Gasteiger partial charge in [0.05, 0.1) is 17.5 Å². The standard InChI is InChI=1S/C15H14F3N5O3/c1-23-5-4-19-12(23)14(26,15(16,17)18)7-11(24)20-8-2-3-9-10(6-8)22-13(25)21-9/h2-6,26H,7H2,1H3,(H,20,24)(H2,21,22,25). The molecule has 1 amide bonds. The molecule has 0 spiro atoms. The van der Waals surface area contributed by atoms with E-state index in [1.54, 1.807) is 0 Å². The summed E-state index contributed by atoms with van der Waals surface area (Å²) in [6.07, 6.45) is -4.05. The van der Waals surface area contributed by atoms with Crippen molar-refractivity contribution in [3.05, 3.63) is 46.9 Å². The number of aryl methyl sites for hydroxylation is 1. The van der Waals surface area contributed by atoms with Gasteiger partial charge in [0.15, 0.2) is 5.82 Å². The lowest BCUT2D eigenvalue weighted by molar-refractivity contribution is -0.270. The van der Waals surface area contributed by atoms with Crippen LogP contribution in [0, 0.1) is 0 Å². The van der Waals surface area contributed by atoms with Gasteiger partial charge in [0.2, 0.25) is 11.5 Å². The van der Waals surface area contributed by atoms with Crippen LogP contribution < -0.4 is 11.0 Å². The van der Waals surface area contributed by atoms with E-state index < -0.39 is 35.6 Å². The van der Waals surface area contributed by atoms with Gasteiger partial charge in [0.25, 0.3) is 0 Å². The maximum Gasteiger partial charge on any atom is 0.425 e. The number of imidazole rings is 2. The highest BCUT2D eigenvalue weighted by atomic mass is 19.4. The predicted molar refractivity (Wildman–Crippen MR) is 85.3 cm³/mol. The van der Waals surface area contributed by atoms with E-state index in [1.807, 2.05) is 0 Å². The molecule has 3 rings (SSSR count). The van der Waals surface area contributed by atoms with Crippen molar-refractivity contribution < 1.29 is 23.1 Å². The summed E-state index contributed by atoms with van der Waals surface area (Å²) in [4.78, 5) is 31.8. The second-order valence-corrected chi connectivity index (χ2v) is 5.78. The lowest BCUT2D eigenvalue weighted by atomic mass is 9.97. The third-order valence-corrected chi connectivity index (χ3v) is 3.88. The van der Waals surface area contributed by atoms with Gasteiger partial charge < -0.3 is 25.0 Å². The van der Waals surface area contributed by atoms with Gasteiger partial charge in [-0.05, 0) is 18.2 Å². The number of benzene rings is 1. The normalized spacial score (nSPS) is 14.3. The highest BCUT2D eigenvalue weighted by Crippen LogP contribution is 2.40. The number of amides is 1. The topological polar surface area (TPSA) is 116 Å². The van der Waals surface area contributed by atoms with Gasteiger partial charge in [-0.15, -0.1) is 0 Å². The predicted octanol–water partition coefficient (Wildman–Crippen LogP) is 1.37. The molecule has 8 nitrogen and oxygen atoms in total. The monoisotopic (exact) mass is 369 g/mol. The van der Waals surface area contributed by atoms with Gasteiger partial charge in [-0.3, -0.25) is 4.79 Å². The summed E-state index contributed by atoms with van der Waals surface area (Å²) >= 11 is 0. The number of aromatic nitrogens is 4. The van der Waals surface area contributed by atoms with Crippen molar-refractivity contribution in [3.8, 4) is 0 Å². The summed E-state index contributed by atoms with van der Waals surface area (Å²) in [6.45, 7) is 0. The fourth-order valence-electron chi connectivity index (χ4n) is 2.62. The van der Waals surface area contributed by atoms with Gasteiger partial charge in [-0.25, -0.2) is 9.78 Å². The van der Waals surface area contributed by atoms with E-state index in [0.29, 0.717) is 11.0 Å². The van der Waals surface area contributed by atoms with Gasteiger partial charge in [-0.2, -0.15) is 13.2 Å². The molecule has 2 heterocycles. The zero-order chi connectivity index (χ0) is 19.1. The number of hydrogen-bond donors (Lipinski definition) is 4. The van der Waals surface area contributed by atoms with Crippen LogP contribution in [0.2, 0.25) is 0 Å². The first-order chi connectivity index (χ1) is 12.1. The van der Waals surface area contributed by atoms with Crippen molar-refractivity contribution in [2.24, 2.45) is 7.05 Å².